The number of nitrogens with zero attached hydrogens (tertiary/aromatic N) is 1. The summed E-state index contributed by atoms with van der Waals surface area (Å²) in [6.07, 6.45) is -0.187. The third-order valence-electron chi connectivity index (χ3n) is 3.57. The standard InChI is InChI=1S/C19H33N3O2/c1-14(2)12-22(18(24)21-19(3,4)5)13-17(23)16(20)11-15-9-7-6-8-10-15/h6-10,14,16-17,23H,11-13,20H2,1-5H3,(H,21,24)/t16-,17-/m0/s1. The molecule has 1 aromatic rings. The summed E-state index contributed by atoms with van der Waals surface area (Å²) in [6.45, 7) is 10.7. The van der Waals surface area contributed by atoms with E-state index >= 15 is 0 Å². The molecule has 2 atom stereocenters. The monoisotopic (exact) mass is 335 g/mol. The van der Waals surface area contributed by atoms with Crippen LogP contribution >= 0.6 is 0 Å². The van der Waals surface area contributed by atoms with Gasteiger partial charge < -0.3 is 21.1 Å². The van der Waals surface area contributed by atoms with Crippen LogP contribution in [0.1, 0.15) is 40.2 Å². The van der Waals surface area contributed by atoms with E-state index in [2.05, 4.69) is 5.32 Å². The van der Waals surface area contributed by atoms with Gasteiger partial charge in [0.25, 0.3) is 0 Å². The molecule has 0 aliphatic heterocycles. The molecule has 0 saturated heterocycles. The van der Waals surface area contributed by atoms with Crippen molar-refractivity contribution in [1.29, 1.82) is 0 Å². The molecule has 5 heteroatoms. The Balaban J connectivity index is 2.68. The molecule has 0 aliphatic rings. The third-order valence-corrected chi connectivity index (χ3v) is 3.57. The van der Waals surface area contributed by atoms with Crippen LogP contribution in [0.3, 0.4) is 0 Å². The first-order valence-electron chi connectivity index (χ1n) is 8.63. The highest BCUT2D eigenvalue weighted by molar-refractivity contribution is 5.75. The van der Waals surface area contributed by atoms with Crippen molar-refractivity contribution in [2.45, 2.75) is 58.7 Å². The second kappa shape index (κ2) is 9.04. The zero-order valence-corrected chi connectivity index (χ0v) is 15.6. The summed E-state index contributed by atoms with van der Waals surface area (Å²) in [5, 5.41) is 13.4. The molecule has 1 aromatic carbocycles. The number of urea groups is 1. The molecule has 24 heavy (non-hydrogen) atoms. The summed E-state index contributed by atoms with van der Waals surface area (Å²) in [5.41, 5.74) is 6.91. The molecule has 0 aromatic heterocycles. The van der Waals surface area contributed by atoms with Gasteiger partial charge in [-0.1, -0.05) is 44.2 Å². The molecule has 4 N–H and O–H groups in total. The van der Waals surface area contributed by atoms with Gasteiger partial charge in [0.15, 0.2) is 0 Å². The number of aliphatic hydroxyl groups is 1. The predicted octanol–water partition coefficient (Wildman–Crippen LogP) is 2.38. The second-order valence-electron chi connectivity index (χ2n) is 7.90. The average Bonchev–Trinajstić information content (AvgIpc) is 2.45. The van der Waals surface area contributed by atoms with Gasteiger partial charge in [0.1, 0.15) is 0 Å². The Labute approximate surface area is 146 Å². The van der Waals surface area contributed by atoms with Gasteiger partial charge in [0, 0.05) is 24.7 Å². The molecule has 136 valence electrons. The lowest BCUT2D eigenvalue weighted by Crippen LogP contribution is -2.53. The minimum absolute atomic E-state index is 0.165. The van der Waals surface area contributed by atoms with Gasteiger partial charge in [-0.3, -0.25) is 0 Å². The minimum Gasteiger partial charge on any atom is -0.390 e. The molecule has 0 saturated carbocycles. The number of rotatable bonds is 7. The number of nitrogens with one attached hydrogen (secondary N) is 1. The SMILES string of the molecule is CC(C)CN(C[C@H](O)[C@@H](N)Cc1ccccc1)C(=O)NC(C)(C)C. The fourth-order valence-corrected chi connectivity index (χ4v) is 2.46. The van der Waals surface area contributed by atoms with Crippen LogP contribution in [-0.2, 0) is 6.42 Å². The number of carbonyl (C=O) groups is 1. The molecule has 0 bridgehead atoms. The topological polar surface area (TPSA) is 78.6 Å². The van der Waals surface area contributed by atoms with Gasteiger partial charge in [-0.25, -0.2) is 4.79 Å². The summed E-state index contributed by atoms with van der Waals surface area (Å²) < 4.78 is 0. The van der Waals surface area contributed by atoms with Gasteiger partial charge >= 0.3 is 6.03 Å². The van der Waals surface area contributed by atoms with Crippen LogP contribution in [-0.4, -0.2) is 46.8 Å². The van der Waals surface area contributed by atoms with E-state index in [9.17, 15) is 9.90 Å². The Kier molecular flexibility index (Phi) is 7.70. The van der Waals surface area contributed by atoms with Crippen molar-refractivity contribution >= 4 is 6.03 Å². The van der Waals surface area contributed by atoms with E-state index in [4.69, 9.17) is 5.73 Å². The first kappa shape index (κ1) is 20.5. The van der Waals surface area contributed by atoms with Crippen LogP contribution in [0.4, 0.5) is 4.79 Å². The molecule has 1 rings (SSSR count). The highest BCUT2D eigenvalue weighted by atomic mass is 16.3. The highest BCUT2D eigenvalue weighted by Gasteiger charge is 2.25. The van der Waals surface area contributed by atoms with Crippen LogP contribution < -0.4 is 11.1 Å². The predicted molar refractivity (Wildman–Crippen MR) is 98.8 cm³/mol. The molecule has 0 heterocycles. The molecular formula is C19H33N3O2. The molecule has 0 aliphatic carbocycles. The Morgan fingerprint density at radius 2 is 1.79 bits per heavy atom. The zero-order valence-electron chi connectivity index (χ0n) is 15.6. The summed E-state index contributed by atoms with van der Waals surface area (Å²) >= 11 is 0. The van der Waals surface area contributed by atoms with Crippen LogP contribution in [0.15, 0.2) is 30.3 Å². The summed E-state index contributed by atoms with van der Waals surface area (Å²) in [5.74, 6) is 0.313. The van der Waals surface area contributed by atoms with Crippen molar-refractivity contribution in [2.75, 3.05) is 13.1 Å². The number of aliphatic hydroxyl groups excluding tert-OH is 1. The molecule has 0 radical (unpaired) electrons. The quantitative estimate of drug-likeness (QED) is 0.716. The van der Waals surface area contributed by atoms with Gasteiger partial charge in [-0.2, -0.15) is 0 Å². The van der Waals surface area contributed by atoms with Crippen molar-refractivity contribution in [3.05, 3.63) is 35.9 Å². The van der Waals surface area contributed by atoms with Gasteiger partial charge in [0.05, 0.1) is 6.10 Å². The maximum atomic E-state index is 12.5. The van der Waals surface area contributed by atoms with E-state index in [1.54, 1.807) is 4.90 Å². The number of benzene rings is 1. The summed E-state index contributed by atoms with van der Waals surface area (Å²) in [7, 11) is 0. The maximum Gasteiger partial charge on any atom is 0.317 e. The van der Waals surface area contributed by atoms with Crippen LogP contribution in [0.25, 0.3) is 0 Å². The number of nitrogens with two attached hydrogens (primary N) is 1. The first-order chi connectivity index (χ1) is 11.1. The summed E-state index contributed by atoms with van der Waals surface area (Å²) in [6, 6.07) is 9.26. The largest absolute Gasteiger partial charge is 0.390 e. The van der Waals surface area contributed by atoms with E-state index in [1.165, 1.54) is 0 Å². The Bertz CT molecular complexity index is 497. The van der Waals surface area contributed by atoms with Crippen LogP contribution in [0, 0.1) is 5.92 Å². The molecular weight excluding hydrogens is 302 g/mol. The first-order valence-corrected chi connectivity index (χ1v) is 8.63. The molecule has 2 amide bonds. The fourth-order valence-electron chi connectivity index (χ4n) is 2.46. The average molecular weight is 335 g/mol. The lowest BCUT2D eigenvalue weighted by molar-refractivity contribution is 0.0938. The van der Waals surface area contributed by atoms with Gasteiger partial charge in [0.2, 0.25) is 0 Å². The number of hydrogen-bond acceptors (Lipinski definition) is 3. The Morgan fingerprint density at radius 3 is 2.29 bits per heavy atom. The van der Waals surface area contributed by atoms with Crippen LogP contribution in [0.2, 0.25) is 0 Å². The van der Waals surface area contributed by atoms with Crippen LogP contribution in [0.5, 0.6) is 0 Å². The molecule has 0 unspecified atom stereocenters. The number of hydrogen-bond donors (Lipinski definition) is 3. The van der Waals surface area contributed by atoms with E-state index < -0.39 is 12.1 Å². The lowest BCUT2D eigenvalue weighted by Gasteiger charge is -2.32. The van der Waals surface area contributed by atoms with E-state index in [0.29, 0.717) is 18.9 Å². The molecule has 0 spiro atoms. The Hall–Kier alpha value is -1.59. The van der Waals surface area contributed by atoms with Crippen molar-refractivity contribution in [3.63, 3.8) is 0 Å². The highest BCUT2D eigenvalue weighted by Crippen LogP contribution is 2.09. The van der Waals surface area contributed by atoms with E-state index in [0.717, 1.165) is 5.56 Å². The summed E-state index contributed by atoms with van der Waals surface area (Å²) in [4.78, 5) is 14.1. The van der Waals surface area contributed by atoms with Crippen molar-refractivity contribution < 1.29 is 9.90 Å². The van der Waals surface area contributed by atoms with Crippen molar-refractivity contribution in [2.24, 2.45) is 11.7 Å². The normalized spacial score (nSPS) is 14.3. The van der Waals surface area contributed by atoms with E-state index in [-0.39, 0.29) is 18.1 Å². The number of amides is 2. The second-order valence-corrected chi connectivity index (χ2v) is 7.90. The molecule has 0 fully saturated rings. The number of carbonyl (C=O) groups excluding carboxylic acids is 1. The van der Waals surface area contributed by atoms with E-state index in [1.807, 2.05) is 65.0 Å². The molecule has 5 nitrogen and oxygen atoms in total. The van der Waals surface area contributed by atoms with Gasteiger partial charge in [-0.05, 0) is 38.7 Å². The minimum atomic E-state index is -0.769. The van der Waals surface area contributed by atoms with Crippen molar-refractivity contribution in [1.82, 2.24) is 10.2 Å². The third kappa shape index (κ3) is 7.79. The van der Waals surface area contributed by atoms with Gasteiger partial charge in [-0.15, -0.1) is 0 Å². The maximum absolute atomic E-state index is 12.5. The zero-order chi connectivity index (χ0) is 18.3. The smallest absolute Gasteiger partial charge is 0.317 e. The fraction of sp³-hybridized carbons (Fsp3) is 0.632. The Morgan fingerprint density at radius 1 is 1.21 bits per heavy atom. The lowest BCUT2D eigenvalue weighted by atomic mass is 10.0. The van der Waals surface area contributed by atoms with Crippen molar-refractivity contribution in [3.8, 4) is 0 Å².